The molecule has 146 valence electrons. The summed E-state index contributed by atoms with van der Waals surface area (Å²) in [5.74, 6) is 0.231. The normalized spacial score (nSPS) is 17.0. The molecule has 28 heavy (non-hydrogen) atoms. The highest BCUT2D eigenvalue weighted by atomic mass is 16.3. The standard InChI is InChI=1S/C20H22N4O4/c1-23(2)16(17-4-3-9-28-17)11-21-20(27)22-12-5-8-14-15(10-12)19(26)24(18(14)25)13-6-7-13/h3-5,8-10,13,16H,6-7,11H2,1-2H3,(H2,21,22,27)/t16-/m0/s1. The van der Waals surface area contributed by atoms with Crippen molar-refractivity contribution in [1.29, 1.82) is 0 Å². The molecule has 2 N–H and O–H groups in total. The molecule has 0 radical (unpaired) electrons. The lowest BCUT2D eigenvalue weighted by Gasteiger charge is -2.22. The second-order valence-electron chi connectivity index (χ2n) is 7.30. The van der Waals surface area contributed by atoms with Crippen LogP contribution in [0.5, 0.6) is 0 Å². The van der Waals surface area contributed by atoms with Crippen molar-refractivity contribution in [3.63, 3.8) is 0 Å². The van der Waals surface area contributed by atoms with Gasteiger partial charge in [0.2, 0.25) is 0 Å². The van der Waals surface area contributed by atoms with E-state index in [0.29, 0.717) is 23.4 Å². The third-order valence-corrected chi connectivity index (χ3v) is 5.04. The quantitative estimate of drug-likeness (QED) is 0.749. The fraction of sp³-hybridized carbons (Fsp3) is 0.350. The molecule has 0 unspecified atom stereocenters. The minimum atomic E-state index is -0.394. The minimum Gasteiger partial charge on any atom is -0.468 e. The predicted octanol–water partition coefficient (Wildman–Crippen LogP) is 2.46. The van der Waals surface area contributed by atoms with E-state index in [-0.39, 0.29) is 23.9 Å². The Morgan fingerprint density at radius 3 is 2.61 bits per heavy atom. The Morgan fingerprint density at radius 2 is 1.96 bits per heavy atom. The number of rotatable bonds is 6. The first kappa shape index (κ1) is 18.2. The Bertz CT molecular complexity index is 918. The summed E-state index contributed by atoms with van der Waals surface area (Å²) in [7, 11) is 3.81. The first-order valence-electron chi connectivity index (χ1n) is 9.22. The van der Waals surface area contributed by atoms with Gasteiger partial charge in [-0.3, -0.25) is 19.4 Å². The van der Waals surface area contributed by atoms with Crippen LogP contribution in [0.3, 0.4) is 0 Å². The van der Waals surface area contributed by atoms with E-state index in [1.54, 1.807) is 30.5 Å². The Morgan fingerprint density at radius 1 is 1.21 bits per heavy atom. The highest BCUT2D eigenvalue weighted by Gasteiger charge is 2.44. The van der Waals surface area contributed by atoms with E-state index < -0.39 is 6.03 Å². The van der Waals surface area contributed by atoms with Gasteiger partial charge in [0.25, 0.3) is 11.8 Å². The van der Waals surface area contributed by atoms with E-state index in [0.717, 1.165) is 18.6 Å². The van der Waals surface area contributed by atoms with Crippen LogP contribution in [0.4, 0.5) is 10.5 Å². The monoisotopic (exact) mass is 382 g/mol. The van der Waals surface area contributed by atoms with Crippen molar-refractivity contribution in [2.24, 2.45) is 0 Å². The van der Waals surface area contributed by atoms with Crippen LogP contribution in [0.15, 0.2) is 41.0 Å². The van der Waals surface area contributed by atoms with Gasteiger partial charge >= 0.3 is 6.03 Å². The molecule has 0 spiro atoms. The average Bonchev–Trinajstić information content (AvgIpc) is 3.27. The summed E-state index contributed by atoms with van der Waals surface area (Å²) in [5, 5.41) is 5.54. The van der Waals surface area contributed by atoms with Crippen LogP contribution in [-0.2, 0) is 0 Å². The number of hydrogen-bond acceptors (Lipinski definition) is 5. The molecule has 4 rings (SSSR count). The number of nitrogens with one attached hydrogen (secondary N) is 2. The summed E-state index contributed by atoms with van der Waals surface area (Å²) in [4.78, 5) is 40.5. The third kappa shape index (κ3) is 3.38. The van der Waals surface area contributed by atoms with Crippen molar-refractivity contribution in [2.45, 2.75) is 24.9 Å². The number of benzene rings is 1. The van der Waals surface area contributed by atoms with Gasteiger partial charge in [0.15, 0.2) is 0 Å². The minimum absolute atomic E-state index is 0.0247. The molecule has 4 amide bonds. The van der Waals surface area contributed by atoms with Crippen molar-refractivity contribution in [1.82, 2.24) is 15.1 Å². The summed E-state index contributed by atoms with van der Waals surface area (Å²) in [5.41, 5.74) is 1.21. The lowest BCUT2D eigenvalue weighted by molar-refractivity contribution is 0.0642. The molecule has 1 fully saturated rings. The van der Waals surface area contributed by atoms with Crippen LogP contribution in [0, 0.1) is 0 Å². The number of carbonyl (C=O) groups is 3. The SMILES string of the molecule is CN(C)[C@@H](CNC(=O)Nc1ccc2c(c1)C(=O)N(C1CC1)C2=O)c1ccco1. The second-order valence-corrected chi connectivity index (χ2v) is 7.30. The summed E-state index contributed by atoms with van der Waals surface area (Å²) >= 11 is 0. The Hall–Kier alpha value is -3.13. The van der Waals surface area contributed by atoms with Crippen LogP contribution in [0.25, 0.3) is 0 Å². The summed E-state index contributed by atoms with van der Waals surface area (Å²) in [6.45, 7) is 0.351. The highest BCUT2D eigenvalue weighted by Crippen LogP contribution is 2.35. The van der Waals surface area contributed by atoms with E-state index in [4.69, 9.17) is 4.42 Å². The molecular weight excluding hydrogens is 360 g/mol. The number of hydrogen-bond donors (Lipinski definition) is 2. The van der Waals surface area contributed by atoms with Crippen LogP contribution >= 0.6 is 0 Å². The van der Waals surface area contributed by atoms with E-state index >= 15 is 0 Å². The molecule has 1 aromatic heterocycles. The Kier molecular flexibility index (Phi) is 4.64. The van der Waals surface area contributed by atoms with Crippen molar-refractivity contribution in [3.8, 4) is 0 Å². The van der Waals surface area contributed by atoms with Gasteiger partial charge in [-0.2, -0.15) is 0 Å². The molecule has 1 aliphatic carbocycles. The molecule has 0 bridgehead atoms. The van der Waals surface area contributed by atoms with Gasteiger partial charge in [-0.05, 0) is 57.3 Å². The van der Waals surface area contributed by atoms with Crippen LogP contribution in [-0.4, -0.2) is 54.3 Å². The Labute approximate surface area is 162 Å². The van der Waals surface area contributed by atoms with E-state index in [9.17, 15) is 14.4 Å². The smallest absolute Gasteiger partial charge is 0.319 e. The number of anilines is 1. The van der Waals surface area contributed by atoms with Crippen molar-refractivity contribution < 1.29 is 18.8 Å². The molecule has 1 aliphatic heterocycles. The van der Waals surface area contributed by atoms with Gasteiger partial charge < -0.3 is 15.1 Å². The zero-order chi connectivity index (χ0) is 19.8. The lowest BCUT2D eigenvalue weighted by Crippen LogP contribution is -2.36. The zero-order valence-corrected chi connectivity index (χ0v) is 15.8. The molecule has 1 aromatic carbocycles. The fourth-order valence-electron chi connectivity index (χ4n) is 3.38. The van der Waals surface area contributed by atoms with Gasteiger partial charge in [-0.25, -0.2) is 4.79 Å². The summed E-state index contributed by atoms with van der Waals surface area (Å²) in [6.07, 6.45) is 3.32. The number of imide groups is 1. The van der Waals surface area contributed by atoms with Crippen LogP contribution in [0.1, 0.15) is 45.4 Å². The maximum Gasteiger partial charge on any atom is 0.319 e. The van der Waals surface area contributed by atoms with E-state index in [1.165, 1.54) is 4.90 Å². The third-order valence-electron chi connectivity index (χ3n) is 5.04. The van der Waals surface area contributed by atoms with E-state index in [2.05, 4.69) is 10.6 Å². The molecule has 1 atom stereocenters. The second kappa shape index (κ2) is 7.12. The number of likely N-dealkylation sites (N-methyl/N-ethyl adjacent to an activating group) is 1. The van der Waals surface area contributed by atoms with Crippen molar-refractivity contribution in [3.05, 3.63) is 53.5 Å². The molecule has 8 nitrogen and oxygen atoms in total. The molecule has 2 aliphatic rings. The number of nitrogens with zero attached hydrogens (tertiary/aromatic N) is 2. The maximum atomic E-state index is 12.5. The maximum absolute atomic E-state index is 12.5. The molecule has 1 saturated carbocycles. The van der Waals surface area contributed by atoms with Crippen LogP contribution in [0.2, 0.25) is 0 Å². The molecule has 2 aromatic rings. The summed E-state index contributed by atoms with van der Waals surface area (Å²) in [6, 6.07) is 7.99. The van der Waals surface area contributed by atoms with Gasteiger partial charge in [0.05, 0.1) is 23.4 Å². The predicted molar refractivity (Wildman–Crippen MR) is 102 cm³/mol. The molecular formula is C20H22N4O4. The largest absolute Gasteiger partial charge is 0.468 e. The van der Waals surface area contributed by atoms with Crippen molar-refractivity contribution >= 4 is 23.5 Å². The average molecular weight is 382 g/mol. The molecule has 8 heteroatoms. The lowest BCUT2D eigenvalue weighted by atomic mass is 10.1. The first-order chi connectivity index (χ1) is 13.5. The van der Waals surface area contributed by atoms with Gasteiger partial charge in [-0.1, -0.05) is 0 Å². The highest BCUT2D eigenvalue weighted by molar-refractivity contribution is 6.22. The number of fused-ring (bicyclic) bond motifs is 1. The summed E-state index contributed by atoms with van der Waals surface area (Å²) < 4.78 is 5.43. The number of urea groups is 1. The number of furan rings is 1. The Balaban J connectivity index is 1.40. The molecule has 0 saturated heterocycles. The topological polar surface area (TPSA) is 94.9 Å². The zero-order valence-electron chi connectivity index (χ0n) is 15.8. The van der Waals surface area contributed by atoms with Crippen molar-refractivity contribution in [2.75, 3.05) is 26.0 Å². The first-order valence-corrected chi connectivity index (χ1v) is 9.22. The number of carbonyl (C=O) groups excluding carboxylic acids is 3. The fourth-order valence-corrected chi connectivity index (χ4v) is 3.38. The number of amides is 4. The van der Waals surface area contributed by atoms with E-state index in [1.807, 2.05) is 25.1 Å². The van der Waals surface area contributed by atoms with Gasteiger partial charge in [0.1, 0.15) is 5.76 Å². The van der Waals surface area contributed by atoms with Gasteiger partial charge in [-0.15, -0.1) is 0 Å². The van der Waals surface area contributed by atoms with Crippen LogP contribution < -0.4 is 10.6 Å². The molecule has 2 heterocycles. The van der Waals surface area contributed by atoms with Gasteiger partial charge in [0, 0.05) is 18.3 Å².